The minimum absolute atomic E-state index is 0.0332. The van der Waals surface area contributed by atoms with E-state index in [2.05, 4.69) is 10.6 Å². The van der Waals surface area contributed by atoms with Crippen LogP contribution < -0.4 is 15.4 Å². The largest absolute Gasteiger partial charge is 0.476 e. The van der Waals surface area contributed by atoms with Gasteiger partial charge in [-0.05, 0) is 31.5 Å². The van der Waals surface area contributed by atoms with E-state index in [-0.39, 0.29) is 12.0 Å². The Balaban J connectivity index is 1.88. The van der Waals surface area contributed by atoms with Gasteiger partial charge in [0.25, 0.3) is 5.91 Å². The lowest BCUT2D eigenvalue weighted by molar-refractivity contribution is -0.129. The van der Waals surface area contributed by atoms with Crippen LogP contribution in [0.5, 0.6) is 5.75 Å². The minimum Gasteiger partial charge on any atom is -0.476 e. The van der Waals surface area contributed by atoms with Crippen LogP contribution in [-0.4, -0.2) is 31.2 Å². The van der Waals surface area contributed by atoms with E-state index in [0.717, 1.165) is 24.3 Å². The Morgan fingerprint density at radius 2 is 2.21 bits per heavy atom. The zero-order chi connectivity index (χ0) is 13.5. The zero-order valence-electron chi connectivity index (χ0n) is 11.2. The first-order chi connectivity index (χ1) is 9.06. The molecule has 3 rings (SSSR count). The lowest BCUT2D eigenvalue weighted by atomic mass is 10.0. The van der Waals surface area contributed by atoms with Gasteiger partial charge in [0.15, 0.2) is 5.60 Å². The van der Waals surface area contributed by atoms with Gasteiger partial charge in [0.1, 0.15) is 5.75 Å². The molecule has 102 valence electrons. The van der Waals surface area contributed by atoms with Crippen LogP contribution in [-0.2, 0) is 9.53 Å². The molecule has 2 aliphatic rings. The van der Waals surface area contributed by atoms with Gasteiger partial charge in [-0.15, -0.1) is 0 Å². The van der Waals surface area contributed by atoms with E-state index >= 15 is 0 Å². The number of nitrogens with one attached hydrogen (secondary N) is 2. The lowest BCUT2D eigenvalue weighted by Crippen LogP contribution is -2.45. The smallest absolute Gasteiger partial charge is 0.268 e. The minimum atomic E-state index is -0.822. The van der Waals surface area contributed by atoms with Crippen molar-refractivity contribution in [3.8, 4) is 5.75 Å². The van der Waals surface area contributed by atoms with Crippen LogP contribution >= 0.6 is 0 Å². The molecule has 2 heterocycles. The fourth-order valence-corrected chi connectivity index (χ4v) is 2.31. The molecule has 0 bridgehead atoms. The quantitative estimate of drug-likeness (QED) is 0.804. The van der Waals surface area contributed by atoms with Gasteiger partial charge in [-0.3, -0.25) is 4.79 Å². The summed E-state index contributed by atoms with van der Waals surface area (Å²) in [5.74, 6) is 0.581. The molecule has 1 aromatic carbocycles. The summed E-state index contributed by atoms with van der Waals surface area (Å²) in [7, 11) is 0. The van der Waals surface area contributed by atoms with Gasteiger partial charge in [0.05, 0.1) is 18.4 Å². The van der Waals surface area contributed by atoms with E-state index in [1.807, 2.05) is 18.2 Å². The van der Waals surface area contributed by atoms with Crippen LogP contribution in [0.15, 0.2) is 18.2 Å². The molecule has 0 spiro atoms. The van der Waals surface area contributed by atoms with Crippen molar-refractivity contribution in [1.82, 2.24) is 5.32 Å². The normalized spacial score (nSPS) is 25.2. The fraction of sp³-hybridized carbons (Fsp3) is 0.500. The highest BCUT2D eigenvalue weighted by molar-refractivity contribution is 6.00. The number of hydrogen-bond donors (Lipinski definition) is 2. The summed E-state index contributed by atoms with van der Waals surface area (Å²) in [5, 5.41) is 6.18. The van der Waals surface area contributed by atoms with Crippen molar-refractivity contribution < 1.29 is 14.3 Å². The van der Waals surface area contributed by atoms with E-state index in [1.54, 1.807) is 13.8 Å². The average Bonchev–Trinajstić information content (AvgIpc) is 2.40. The Kier molecular flexibility index (Phi) is 2.95. The molecule has 0 aliphatic carbocycles. The third-order valence-corrected chi connectivity index (χ3v) is 3.46. The Hall–Kier alpha value is -1.59. The first-order valence-corrected chi connectivity index (χ1v) is 6.53. The Morgan fingerprint density at radius 3 is 2.95 bits per heavy atom. The number of rotatable bonds is 1. The number of amides is 1. The summed E-state index contributed by atoms with van der Waals surface area (Å²) < 4.78 is 11.4. The maximum Gasteiger partial charge on any atom is 0.268 e. The third kappa shape index (κ3) is 2.31. The van der Waals surface area contributed by atoms with Crippen molar-refractivity contribution in [2.24, 2.45) is 0 Å². The number of carbonyl (C=O) groups excluding carboxylic acids is 1. The summed E-state index contributed by atoms with van der Waals surface area (Å²) in [4.78, 5) is 11.9. The number of hydrogen-bond acceptors (Lipinski definition) is 4. The number of ether oxygens (including phenoxy) is 2. The molecule has 1 atom stereocenters. The summed E-state index contributed by atoms with van der Waals surface area (Å²) in [5.41, 5.74) is 0.947. The van der Waals surface area contributed by atoms with Crippen molar-refractivity contribution in [3.63, 3.8) is 0 Å². The molecule has 1 aromatic rings. The Morgan fingerprint density at radius 1 is 1.37 bits per heavy atom. The molecular weight excluding hydrogens is 244 g/mol. The number of carbonyl (C=O) groups is 1. The van der Waals surface area contributed by atoms with Gasteiger partial charge in [-0.2, -0.15) is 0 Å². The molecule has 0 saturated carbocycles. The van der Waals surface area contributed by atoms with Crippen molar-refractivity contribution in [2.45, 2.75) is 25.6 Å². The van der Waals surface area contributed by atoms with Crippen LogP contribution in [0.4, 0.5) is 5.69 Å². The van der Waals surface area contributed by atoms with Gasteiger partial charge < -0.3 is 20.1 Å². The third-order valence-electron chi connectivity index (χ3n) is 3.46. The van der Waals surface area contributed by atoms with Crippen molar-refractivity contribution in [1.29, 1.82) is 0 Å². The van der Waals surface area contributed by atoms with Crippen molar-refractivity contribution in [3.05, 3.63) is 23.8 Å². The molecule has 0 aromatic heterocycles. The molecule has 1 fully saturated rings. The molecule has 0 radical (unpaired) electrons. The zero-order valence-corrected chi connectivity index (χ0v) is 11.2. The highest BCUT2D eigenvalue weighted by Crippen LogP contribution is 2.36. The average molecular weight is 262 g/mol. The SMILES string of the molecule is CC1(C)Oc2ccc(C3CNCCO3)cc2NC1=O. The van der Waals surface area contributed by atoms with Gasteiger partial charge >= 0.3 is 0 Å². The summed E-state index contributed by atoms with van der Waals surface area (Å²) in [6.07, 6.45) is 0.0332. The van der Waals surface area contributed by atoms with Gasteiger partial charge in [-0.25, -0.2) is 0 Å². The van der Waals surface area contributed by atoms with E-state index in [4.69, 9.17) is 9.47 Å². The van der Waals surface area contributed by atoms with E-state index in [9.17, 15) is 4.79 Å². The second-order valence-electron chi connectivity index (χ2n) is 5.39. The standard InChI is InChI=1S/C14H18N2O3/c1-14(2)13(17)16-10-7-9(3-4-11(10)19-14)12-8-15-5-6-18-12/h3-4,7,12,15H,5-6,8H2,1-2H3,(H,16,17). The van der Waals surface area contributed by atoms with Crippen LogP contribution in [0.1, 0.15) is 25.5 Å². The van der Waals surface area contributed by atoms with E-state index in [0.29, 0.717) is 12.4 Å². The van der Waals surface area contributed by atoms with Crippen LogP contribution in [0, 0.1) is 0 Å². The number of benzene rings is 1. The summed E-state index contributed by atoms with van der Waals surface area (Å²) >= 11 is 0. The molecule has 1 saturated heterocycles. The molecule has 19 heavy (non-hydrogen) atoms. The first kappa shape index (κ1) is 12.4. The Bertz CT molecular complexity index is 507. The predicted octanol–water partition coefficient (Wildman–Crippen LogP) is 1.46. The molecular formula is C14H18N2O3. The van der Waals surface area contributed by atoms with Crippen LogP contribution in [0.25, 0.3) is 0 Å². The highest BCUT2D eigenvalue weighted by atomic mass is 16.5. The second kappa shape index (κ2) is 4.51. The van der Waals surface area contributed by atoms with E-state index in [1.165, 1.54) is 0 Å². The second-order valence-corrected chi connectivity index (χ2v) is 5.39. The van der Waals surface area contributed by atoms with Gasteiger partial charge in [0.2, 0.25) is 0 Å². The molecule has 2 aliphatic heterocycles. The number of anilines is 1. The molecule has 1 unspecified atom stereocenters. The first-order valence-electron chi connectivity index (χ1n) is 6.53. The maximum atomic E-state index is 11.9. The predicted molar refractivity (Wildman–Crippen MR) is 71.3 cm³/mol. The molecule has 1 amide bonds. The number of fused-ring (bicyclic) bond motifs is 1. The van der Waals surface area contributed by atoms with Crippen molar-refractivity contribution >= 4 is 11.6 Å². The summed E-state index contributed by atoms with van der Waals surface area (Å²) in [6, 6.07) is 5.81. The van der Waals surface area contributed by atoms with Gasteiger partial charge in [-0.1, -0.05) is 6.07 Å². The van der Waals surface area contributed by atoms with E-state index < -0.39 is 5.60 Å². The van der Waals surface area contributed by atoms with Crippen LogP contribution in [0.3, 0.4) is 0 Å². The maximum absolute atomic E-state index is 11.9. The topological polar surface area (TPSA) is 59.6 Å². The lowest BCUT2D eigenvalue weighted by Gasteiger charge is -2.32. The number of morpholine rings is 1. The molecule has 5 heteroatoms. The van der Waals surface area contributed by atoms with Gasteiger partial charge in [0, 0.05) is 13.1 Å². The monoisotopic (exact) mass is 262 g/mol. The highest BCUT2D eigenvalue weighted by Gasteiger charge is 2.35. The fourth-order valence-electron chi connectivity index (χ4n) is 2.31. The van der Waals surface area contributed by atoms with Crippen molar-refractivity contribution in [2.75, 3.05) is 25.0 Å². The molecule has 5 nitrogen and oxygen atoms in total. The summed E-state index contributed by atoms with van der Waals surface area (Å²) in [6.45, 7) is 5.90. The molecule has 2 N–H and O–H groups in total. The van der Waals surface area contributed by atoms with Crippen LogP contribution in [0.2, 0.25) is 0 Å². The Labute approximate surface area is 112 Å².